The Kier molecular flexibility index (Phi) is 49.1. The molecule has 370 valence electrons. The van der Waals surface area contributed by atoms with Gasteiger partial charge in [0.1, 0.15) is 6.10 Å². The summed E-state index contributed by atoms with van der Waals surface area (Å²) in [6, 6.07) is -0.723. The molecule has 6 heteroatoms. The van der Waals surface area contributed by atoms with Gasteiger partial charge in [0.2, 0.25) is 5.91 Å². The molecule has 0 heterocycles. The lowest BCUT2D eigenvalue weighted by molar-refractivity contribution is -0.150. The van der Waals surface area contributed by atoms with E-state index in [9.17, 15) is 19.8 Å². The highest BCUT2D eigenvalue weighted by Crippen LogP contribution is 2.17. The number of unbranched alkanes of at least 4 members (excludes halogenated alkanes) is 24. The molecule has 0 aromatic heterocycles. The Hall–Kier alpha value is -2.70. The molecule has 0 aliphatic heterocycles. The van der Waals surface area contributed by atoms with Gasteiger partial charge < -0.3 is 20.3 Å². The van der Waals surface area contributed by atoms with Gasteiger partial charge >= 0.3 is 5.97 Å². The molecule has 1 amide bonds. The standard InChI is InChI=1S/C58H103NO5/c1-4-7-10-13-16-19-22-25-28-30-33-36-39-42-45-48-51-58(63)64-54(49-46-43-40-37-34-31-27-24-21-18-15-12-9-6-3)52-57(62)59-55(53-60)56(61)50-47-44-41-38-35-32-29-26-23-20-17-14-11-8-5-2/h7,10,16,19,25,28,31,33-34,36,42,45,54-56,60-61H,4-6,8-9,11-15,17-18,20-24,26-27,29-30,32,35,37-41,43-44,46-53H2,1-3H3,(H,59,62)/b10-7+,19-16+,28-25+,34-31+,36-33+,45-42+. The number of ether oxygens (including phenoxy) is 1. The summed E-state index contributed by atoms with van der Waals surface area (Å²) in [7, 11) is 0. The molecule has 0 radical (unpaired) electrons. The van der Waals surface area contributed by atoms with E-state index in [-0.39, 0.29) is 31.3 Å². The number of aliphatic hydroxyl groups excluding tert-OH is 2. The van der Waals surface area contributed by atoms with E-state index in [2.05, 4.69) is 92.9 Å². The zero-order valence-electron chi connectivity index (χ0n) is 42.1. The molecule has 0 aliphatic carbocycles. The normalized spacial score (nSPS) is 13.8. The van der Waals surface area contributed by atoms with E-state index in [1.807, 2.05) is 6.08 Å². The predicted octanol–water partition coefficient (Wildman–Crippen LogP) is 16.6. The van der Waals surface area contributed by atoms with Crippen molar-refractivity contribution in [3.05, 3.63) is 72.9 Å². The number of nitrogens with one attached hydrogen (secondary N) is 1. The first-order valence-electron chi connectivity index (χ1n) is 27.2. The van der Waals surface area contributed by atoms with Gasteiger partial charge in [-0.25, -0.2) is 0 Å². The molecule has 3 N–H and O–H groups in total. The molecule has 0 rings (SSSR count). The lowest BCUT2D eigenvalue weighted by Gasteiger charge is -2.24. The van der Waals surface area contributed by atoms with Crippen LogP contribution in [0.15, 0.2) is 72.9 Å². The van der Waals surface area contributed by atoms with Gasteiger partial charge in [-0.05, 0) is 83.5 Å². The van der Waals surface area contributed by atoms with Crippen molar-refractivity contribution in [2.24, 2.45) is 0 Å². The number of esters is 1. The summed E-state index contributed by atoms with van der Waals surface area (Å²) >= 11 is 0. The Bertz CT molecular complexity index is 1190. The van der Waals surface area contributed by atoms with Crippen LogP contribution < -0.4 is 5.32 Å². The number of amides is 1. The van der Waals surface area contributed by atoms with Crippen LogP contribution in [0.1, 0.15) is 258 Å². The first-order valence-corrected chi connectivity index (χ1v) is 27.2. The van der Waals surface area contributed by atoms with Gasteiger partial charge in [-0.15, -0.1) is 0 Å². The molecule has 0 bridgehead atoms. The first kappa shape index (κ1) is 61.3. The number of carbonyl (C=O) groups is 2. The van der Waals surface area contributed by atoms with Crippen molar-refractivity contribution in [1.82, 2.24) is 5.32 Å². The topological polar surface area (TPSA) is 95.9 Å². The number of carbonyl (C=O) groups excluding carboxylic acids is 2. The van der Waals surface area contributed by atoms with Gasteiger partial charge in [-0.1, -0.05) is 235 Å². The van der Waals surface area contributed by atoms with E-state index in [0.717, 1.165) is 83.5 Å². The number of aliphatic hydroxyl groups is 2. The SMILES string of the molecule is CC/C=C/C/C=C/C/C=C/C/C=C/C/C=C/CCC(=O)OC(CCCCC/C=C/CCCCCCCCC)CC(=O)NC(CO)C(O)CCCCCCCCCCCCCCCCC. The lowest BCUT2D eigenvalue weighted by atomic mass is 10.0. The fourth-order valence-electron chi connectivity index (χ4n) is 7.95. The maximum Gasteiger partial charge on any atom is 0.306 e. The molecule has 64 heavy (non-hydrogen) atoms. The Morgan fingerprint density at radius 3 is 1.30 bits per heavy atom. The van der Waals surface area contributed by atoms with E-state index < -0.39 is 18.2 Å². The van der Waals surface area contributed by atoms with Crippen LogP contribution in [-0.4, -0.2) is 46.9 Å². The zero-order valence-corrected chi connectivity index (χ0v) is 42.1. The van der Waals surface area contributed by atoms with Crippen molar-refractivity contribution in [3.8, 4) is 0 Å². The molecule has 3 unspecified atom stereocenters. The molecular weight excluding hydrogens is 791 g/mol. The Balaban J connectivity index is 4.68. The fourth-order valence-corrected chi connectivity index (χ4v) is 7.95. The molecule has 6 nitrogen and oxygen atoms in total. The summed E-state index contributed by atoms with van der Waals surface area (Å²) in [5.74, 6) is -0.586. The molecule has 0 aromatic rings. The maximum atomic E-state index is 13.2. The monoisotopic (exact) mass is 894 g/mol. The lowest BCUT2D eigenvalue weighted by Crippen LogP contribution is -2.46. The van der Waals surface area contributed by atoms with Crippen molar-refractivity contribution in [2.45, 2.75) is 277 Å². The Morgan fingerprint density at radius 1 is 0.469 bits per heavy atom. The maximum absolute atomic E-state index is 13.2. The number of allylic oxidation sites excluding steroid dienone is 12. The molecule has 0 fully saturated rings. The van der Waals surface area contributed by atoms with Gasteiger partial charge in [0.05, 0.1) is 25.2 Å². The van der Waals surface area contributed by atoms with E-state index in [1.54, 1.807) is 0 Å². The largest absolute Gasteiger partial charge is 0.462 e. The second-order valence-corrected chi connectivity index (χ2v) is 18.2. The van der Waals surface area contributed by atoms with Crippen LogP contribution in [0, 0.1) is 0 Å². The summed E-state index contributed by atoms with van der Waals surface area (Å²) in [5.41, 5.74) is 0. The average Bonchev–Trinajstić information content (AvgIpc) is 3.29. The highest BCUT2D eigenvalue weighted by atomic mass is 16.5. The molecule has 0 aliphatic rings. The van der Waals surface area contributed by atoms with Gasteiger partial charge in [-0.2, -0.15) is 0 Å². The van der Waals surface area contributed by atoms with Crippen LogP contribution in [0.5, 0.6) is 0 Å². The minimum atomic E-state index is -0.806. The third kappa shape index (κ3) is 45.9. The van der Waals surface area contributed by atoms with Crippen molar-refractivity contribution in [3.63, 3.8) is 0 Å². The summed E-state index contributed by atoms with van der Waals surface area (Å²) in [6.45, 7) is 6.36. The van der Waals surface area contributed by atoms with Crippen LogP contribution in [0.4, 0.5) is 0 Å². The minimum absolute atomic E-state index is 0.0357. The van der Waals surface area contributed by atoms with Gasteiger partial charge in [0.15, 0.2) is 0 Å². The second-order valence-electron chi connectivity index (χ2n) is 18.2. The van der Waals surface area contributed by atoms with Crippen molar-refractivity contribution in [2.75, 3.05) is 6.61 Å². The Labute approximate surface area is 396 Å². The van der Waals surface area contributed by atoms with Crippen LogP contribution >= 0.6 is 0 Å². The van der Waals surface area contributed by atoms with E-state index in [4.69, 9.17) is 4.74 Å². The highest BCUT2D eigenvalue weighted by Gasteiger charge is 2.24. The summed E-state index contributed by atoms with van der Waals surface area (Å²) in [6.07, 6.45) is 65.4. The van der Waals surface area contributed by atoms with E-state index >= 15 is 0 Å². The van der Waals surface area contributed by atoms with Crippen molar-refractivity contribution in [1.29, 1.82) is 0 Å². The molecule has 0 aromatic carbocycles. The smallest absolute Gasteiger partial charge is 0.306 e. The summed E-state index contributed by atoms with van der Waals surface area (Å²) in [5, 5.41) is 23.8. The number of hydrogen-bond acceptors (Lipinski definition) is 5. The van der Waals surface area contributed by atoms with Crippen LogP contribution in [0.25, 0.3) is 0 Å². The van der Waals surface area contributed by atoms with Gasteiger partial charge in [0, 0.05) is 6.42 Å². The predicted molar refractivity (Wildman–Crippen MR) is 278 cm³/mol. The number of rotatable bonds is 48. The van der Waals surface area contributed by atoms with Crippen LogP contribution in [-0.2, 0) is 14.3 Å². The first-order chi connectivity index (χ1) is 31.5. The van der Waals surface area contributed by atoms with Crippen LogP contribution in [0.3, 0.4) is 0 Å². The van der Waals surface area contributed by atoms with Crippen molar-refractivity contribution < 1.29 is 24.5 Å². The molecule has 0 saturated heterocycles. The third-order valence-electron chi connectivity index (χ3n) is 12.0. The highest BCUT2D eigenvalue weighted by molar-refractivity contribution is 5.77. The fraction of sp³-hybridized carbons (Fsp3) is 0.759. The van der Waals surface area contributed by atoms with E-state index in [0.29, 0.717) is 19.3 Å². The third-order valence-corrected chi connectivity index (χ3v) is 12.0. The molecule has 0 saturated carbocycles. The number of hydrogen-bond donors (Lipinski definition) is 3. The second kappa shape index (κ2) is 51.3. The zero-order chi connectivity index (χ0) is 46.7. The van der Waals surface area contributed by atoms with E-state index in [1.165, 1.54) is 122 Å². The van der Waals surface area contributed by atoms with Gasteiger partial charge in [-0.3, -0.25) is 9.59 Å². The quantitative estimate of drug-likeness (QED) is 0.0321. The Morgan fingerprint density at radius 2 is 0.844 bits per heavy atom. The van der Waals surface area contributed by atoms with Gasteiger partial charge in [0.25, 0.3) is 0 Å². The van der Waals surface area contributed by atoms with Crippen molar-refractivity contribution >= 4 is 11.9 Å². The summed E-state index contributed by atoms with van der Waals surface area (Å²) < 4.78 is 5.89. The summed E-state index contributed by atoms with van der Waals surface area (Å²) in [4.78, 5) is 26.2. The molecule has 3 atom stereocenters. The average molecular weight is 894 g/mol. The molecular formula is C58H103NO5. The van der Waals surface area contributed by atoms with Crippen LogP contribution in [0.2, 0.25) is 0 Å². The molecule has 0 spiro atoms. The minimum Gasteiger partial charge on any atom is -0.462 e.